The van der Waals surface area contributed by atoms with Crippen LogP contribution >= 0.6 is 11.8 Å². The second-order valence-corrected chi connectivity index (χ2v) is 6.78. The minimum absolute atomic E-state index is 0.270. The van der Waals surface area contributed by atoms with Crippen LogP contribution in [0.15, 0.2) is 18.2 Å². The Morgan fingerprint density at radius 2 is 2.26 bits per heavy atom. The predicted molar refractivity (Wildman–Crippen MR) is 87.3 cm³/mol. The molecular formula is C16H26N2S. The van der Waals surface area contributed by atoms with Gasteiger partial charge in [0.1, 0.15) is 0 Å². The van der Waals surface area contributed by atoms with Crippen molar-refractivity contribution in [2.45, 2.75) is 45.2 Å². The maximum atomic E-state index is 6.15. The summed E-state index contributed by atoms with van der Waals surface area (Å²) < 4.78 is 0. The molecule has 0 bridgehead atoms. The first-order valence-corrected chi connectivity index (χ1v) is 8.43. The van der Waals surface area contributed by atoms with E-state index in [2.05, 4.69) is 55.8 Å². The Bertz CT molecular complexity index is 413. The van der Waals surface area contributed by atoms with Crippen LogP contribution in [0.2, 0.25) is 0 Å². The number of nitrogens with zero attached hydrogens (tertiary/aromatic N) is 1. The summed E-state index contributed by atoms with van der Waals surface area (Å²) in [6.45, 7) is 4.33. The van der Waals surface area contributed by atoms with E-state index in [9.17, 15) is 0 Å². The lowest BCUT2D eigenvalue weighted by Crippen LogP contribution is -2.33. The van der Waals surface area contributed by atoms with Crippen LogP contribution < -0.4 is 10.6 Å². The van der Waals surface area contributed by atoms with E-state index in [1.54, 1.807) is 0 Å². The van der Waals surface area contributed by atoms with E-state index in [-0.39, 0.29) is 6.04 Å². The fraction of sp³-hybridized carbons (Fsp3) is 0.625. The number of rotatable bonds is 5. The second kappa shape index (κ2) is 6.67. The number of anilines is 1. The Labute approximate surface area is 121 Å². The van der Waals surface area contributed by atoms with E-state index in [0.29, 0.717) is 6.04 Å². The van der Waals surface area contributed by atoms with Gasteiger partial charge in [0.25, 0.3) is 0 Å². The number of thioether (sulfide) groups is 1. The molecule has 0 aliphatic carbocycles. The first-order valence-electron chi connectivity index (χ1n) is 7.27. The van der Waals surface area contributed by atoms with Gasteiger partial charge in [-0.05, 0) is 43.6 Å². The summed E-state index contributed by atoms with van der Waals surface area (Å²) in [4.78, 5) is 2.47. The molecule has 0 aromatic heterocycles. The van der Waals surface area contributed by atoms with E-state index in [0.717, 1.165) is 12.8 Å². The summed E-state index contributed by atoms with van der Waals surface area (Å²) >= 11 is 2.07. The molecule has 19 heavy (non-hydrogen) atoms. The summed E-state index contributed by atoms with van der Waals surface area (Å²) in [7, 11) is 2.24. The maximum Gasteiger partial charge on any atom is 0.0399 e. The van der Waals surface area contributed by atoms with Gasteiger partial charge in [0.2, 0.25) is 0 Å². The molecule has 1 aliphatic rings. The summed E-state index contributed by atoms with van der Waals surface area (Å²) in [5.74, 6) is 2.55. The van der Waals surface area contributed by atoms with Crippen molar-refractivity contribution in [2.75, 3.05) is 23.5 Å². The number of benzene rings is 1. The van der Waals surface area contributed by atoms with Crippen LogP contribution in [0.5, 0.6) is 0 Å². The highest BCUT2D eigenvalue weighted by Gasteiger charge is 2.22. The van der Waals surface area contributed by atoms with Gasteiger partial charge >= 0.3 is 0 Å². The van der Waals surface area contributed by atoms with Crippen molar-refractivity contribution in [3.63, 3.8) is 0 Å². The molecule has 0 radical (unpaired) electrons. The van der Waals surface area contributed by atoms with Crippen LogP contribution in [0.1, 0.15) is 30.9 Å². The van der Waals surface area contributed by atoms with Gasteiger partial charge < -0.3 is 10.6 Å². The number of hydrogen-bond acceptors (Lipinski definition) is 3. The average molecular weight is 278 g/mol. The predicted octanol–water partition coefficient (Wildman–Crippen LogP) is 3.22. The molecule has 2 unspecified atom stereocenters. The fourth-order valence-corrected chi connectivity index (χ4v) is 3.94. The quantitative estimate of drug-likeness (QED) is 0.897. The van der Waals surface area contributed by atoms with Gasteiger partial charge in [0.15, 0.2) is 0 Å². The van der Waals surface area contributed by atoms with Gasteiger partial charge in [0.05, 0.1) is 0 Å². The summed E-state index contributed by atoms with van der Waals surface area (Å²) in [5, 5.41) is 0. The monoisotopic (exact) mass is 278 g/mol. The third kappa shape index (κ3) is 3.67. The second-order valence-electron chi connectivity index (χ2n) is 5.63. The number of aryl methyl sites for hydroxylation is 1. The van der Waals surface area contributed by atoms with Crippen molar-refractivity contribution in [1.82, 2.24) is 0 Å². The lowest BCUT2D eigenvalue weighted by atomic mass is 9.99. The minimum Gasteiger partial charge on any atom is -0.371 e. The molecule has 2 rings (SSSR count). The standard InChI is InChI=1S/C16H26N2S/c1-4-14(17)10-13-9-12(2)5-6-16(13)18(3)15-7-8-19-11-15/h5-6,9,14-15H,4,7-8,10-11,17H2,1-3H3. The molecule has 0 amide bonds. The highest BCUT2D eigenvalue weighted by molar-refractivity contribution is 7.99. The minimum atomic E-state index is 0.270. The highest BCUT2D eigenvalue weighted by atomic mass is 32.2. The molecule has 0 spiro atoms. The van der Waals surface area contributed by atoms with E-state index in [1.807, 2.05) is 0 Å². The third-order valence-electron chi connectivity index (χ3n) is 4.07. The molecule has 2 nitrogen and oxygen atoms in total. The molecular weight excluding hydrogens is 252 g/mol. The largest absolute Gasteiger partial charge is 0.371 e. The van der Waals surface area contributed by atoms with E-state index < -0.39 is 0 Å². The summed E-state index contributed by atoms with van der Waals surface area (Å²) in [5.41, 5.74) is 10.3. The molecule has 1 heterocycles. The van der Waals surface area contributed by atoms with Gasteiger partial charge in [-0.1, -0.05) is 24.6 Å². The van der Waals surface area contributed by atoms with Crippen molar-refractivity contribution >= 4 is 17.4 Å². The van der Waals surface area contributed by atoms with Crippen LogP contribution in [-0.2, 0) is 6.42 Å². The molecule has 1 saturated heterocycles. The van der Waals surface area contributed by atoms with Crippen LogP contribution in [0, 0.1) is 6.92 Å². The first kappa shape index (κ1) is 14.7. The molecule has 2 N–H and O–H groups in total. The first-order chi connectivity index (χ1) is 9.11. The Kier molecular flexibility index (Phi) is 5.17. The zero-order valence-electron chi connectivity index (χ0n) is 12.4. The lowest BCUT2D eigenvalue weighted by molar-refractivity contribution is 0.639. The van der Waals surface area contributed by atoms with Gasteiger partial charge in [-0.2, -0.15) is 11.8 Å². The highest BCUT2D eigenvalue weighted by Crippen LogP contribution is 2.29. The zero-order valence-corrected chi connectivity index (χ0v) is 13.2. The summed E-state index contributed by atoms with van der Waals surface area (Å²) in [6.07, 6.45) is 3.32. The normalized spacial score (nSPS) is 20.5. The summed E-state index contributed by atoms with van der Waals surface area (Å²) in [6, 6.07) is 7.75. The van der Waals surface area contributed by atoms with Gasteiger partial charge in [-0.25, -0.2) is 0 Å². The molecule has 0 saturated carbocycles. The Balaban J connectivity index is 2.22. The van der Waals surface area contributed by atoms with Crippen LogP contribution in [0.4, 0.5) is 5.69 Å². The van der Waals surface area contributed by atoms with Crippen LogP contribution in [0.3, 0.4) is 0 Å². The van der Waals surface area contributed by atoms with Crippen molar-refractivity contribution in [2.24, 2.45) is 5.73 Å². The third-order valence-corrected chi connectivity index (χ3v) is 5.22. The van der Waals surface area contributed by atoms with Crippen LogP contribution in [-0.4, -0.2) is 30.6 Å². The van der Waals surface area contributed by atoms with Crippen molar-refractivity contribution in [3.05, 3.63) is 29.3 Å². The smallest absolute Gasteiger partial charge is 0.0399 e. The van der Waals surface area contributed by atoms with Gasteiger partial charge in [0, 0.05) is 30.6 Å². The lowest BCUT2D eigenvalue weighted by Gasteiger charge is -2.29. The Morgan fingerprint density at radius 1 is 1.47 bits per heavy atom. The molecule has 3 heteroatoms. The van der Waals surface area contributed by atoms with E-state index in [4.69, 9.17) is 5.73 Å². The molecule has 1 aromatic carbocycles. The van der Waals surface area contributed by atoms with E-state index in [1.165, 1.54) is 34.7 Å². The number of hydrogen-bond donors (Lipinski definition) is 1. The SMILES string of the molecule is CCC(N)Cc1cc(C)ccc1N(C)C1CCSC1. The molecule has 1 aliphatic heterocycles. The van der Waals surface area contributed by atoms with Gasteiger partial charge in [-0.3, -0.25) is 0 Å². The molecule has 1 fully saturated rings. The fourth-order valence-electron chi connectivity index (χ4n) is 2.67. The van der Waals surface area contributed by atoms with Crippen molar-refractivity contribution in [1.29, 1.82) is 0 Å². The zero-order chi connectivity index (χ0) is 13.8. The Hall–Kier alpha value is -0.670. The van der Waals surface area contributed by atoms with Crippen molar-refractivity contribution in [3.8, 4) is 0 Å². The van der Waals surface area contributed by atoms with E-state index >= 15 is 0 Å². The maximum absolute atomic E-state index is 6.15. The number of nitrogens with two attached hydrogens (primary N) is 1. The molecule has 2 atom stereocenters. The molecule has 1 aromatic rings. The van der Waals surface area contributed by atoms with Crippen molar-refractivity contribution < 1.29 is 0 Å². The van der Waals surface area contributed by atoms with Gasteiger partial charge in [-0.15, -0.1) is 0 Å². The topological polar surface area (TPSA) is 29.3 Å². The average Bonchev–Trinajstić information content (AvgIpc) is 2.92. The van der Waals surface area contributed by atoms with Crippen LogP contribution in [0.25, 0.3) is 0 Å². The molecule has 106 valence electrons. The Morgan fingerprint density at radius 3 is 2.89 bits per heavy atom.